The summed E-state index contributed by atoms with van der Waals surface area (Å²) in [6.45, 7) is 4.98. The molecule has 1 atom stereocenters. The molecule has 0 saturated carbocycles. The fraction of sp³-hybridized carbons (Fsp3) is 0.381. The second-order valence-electron chi connectivity index (χ2n) is 7.01. The van der Waals surface area contributed by atoms with Gasteiger partial charge in [0.1, 0.15) is 0 Å². The number of piperidine rings is 1. The SMILES string of the molecule is Cc1ccccc1SC(C)C(=O)Nc1cccc(S(=O)(=O)N2CCCCC2)c1. The first-order chi connectivity index (χ1) is 13.4. The Morgan fingerprint density at radius 3 is 2.50 bits per heavy atom. The maximum Gasteiger partial charge on any atom is 0.243 e. The van der Waals surface area contributed by atoms with Gasteiger partial charge in [0.05, 0.1) is 10.1 Å². The van der Waals surface area contributed by atoms with E-state index in [4.69, 9.17) is 0 Å². The van der Waals surface area contributed by atoms with Crippen LogP contribution in [0.2, 0.25) is 0 Å². The summed E-state index contributed by atoms with van der Waals surface area (Å²) in [7, 11) is -3.52. The highest BCUT2D eigenvalue weighted by Gasteiger charge is 2.26. The number of hydrogen-bond donors (Lipinski definition) is 1. The van der Waals surface area contributed by atoms with Gasteiger partial charge in [0.15, 0.2) is 0 Å². The summed E-state index contributed by atoms with van der Waals surface area (Å²) in [6.07, 6.45) is 2.85. The van der Waals surface area contributed by atoms with E-state index in [0.29, 0.717) is 18.8 Å². The van der Waals surface area contributed by atoms with E-state index in [1.807, 2.05) is 38.1 Å². The van der Waals surface area contributed by atoms with E-state index in [1.165, 1.54) is 16.1 Å². The van der Waals surface area contributed by atoms with Gasteiger partial charge in [-0.15, -0.1) is 11.8 Å². The number of hydrogen-bond acceptors (Lipinski definition) is 4. The van der Waals surface area contributed by atoms with Crippen molar-refractivity contribution in [2.24, 2.45) is 0 Å². The van der Waals surface area contributed by atoms with Crippen LogP contribution in [0.1, 0.15) is 31.7 Å². The van der Waals surface area contributed by atoms with Crippen LogP contribution in [0.5, 0.6) is 0 Å². The summed E-state index contributed by atoms with van der Waals surface area (Å²) in [6, 6.07) is 14.5. The normalized spacial score (nSPS) is 16.5. The molecule has 1 saturated heterocycles. The Bertz CT molecular complexity index is 938. The van der Waals surface area contributed by atoms with Crippen molar-refractivity contribution in [2.45, 2.75) is 48.2 Å². The molecule has 0 radical (unpaired) electrons. The van der Waals surface area contributed by atoms with Gasteiger partial charge in [-0.3, -0.25) is 4.79 Å². The maximum atomic E-state index is 12.8. The van der Waals surface area contributed by atoms with E-state index in [9.17, 15) is 13.2 Å². The molecule has 1 amide bonds. The van der Waals surface area contributed by atoms with Crippen molar-refractivity contribution in [3.8, 4) is 0 Å². The van der Waals surface area contributed by atoms with Crippen LogP contribution in [0.15, 0.2) is 58.3 Å². The Kier molecular flexibility index (Phi) is 6.80. The predicted molar refractivity (Wildman–Crippen MR) is 114 cm³/mol. The predicted octanol–water partition coefficient (Wildman–Crippen LogP) is 4.29. The third-order valence-corrected chi connectivity index (χ3v) is 8.00. The standard InChI is InChI=1S/C21H26N2O3S2/c1-16-9-4-5-12-20(16)27-17(2)21(24)22-18-10-8-11-19(15-18)28(25,26)23-13-6-3-7-14-23/h4-5,8-12,15,17H,3,6-7,13-14H2,1-2H3,(H,22,24). The van der Waals surface area contributed by atoms with Crippen LogP contribution in [0, 0.1) is 6.92 Å². The molecule has 2 aromatic rings. The van der Waals surface area contributed by atoms with Crippen molar-refractivity contribution in [3.63, 3.8) is 0 Å². The average Bonchev–Trinajstić information content (AvgIpc) is 2.70. The van der Waals surface area contributed by atoms with Gasteiger partial charge in [-0.25, -0.2) is 8.42 Å². The van der Waals surface area contributed by atoms with Crippen LogP contribution in [-0.4, -0.2) is 37.0 Å². The van der Waals surface area contributed by atoms with E-state index in [1.54, 1.807) is 24.3 Å². The number of amides is 1. The fourth-order valence-electron chi connectivity index (χ4n) is 3.17. The van der Waals surface area contributed by atoms with Gasteiger partial charge in [-0.2, -0.15) is 4.31 Å². The van der Waals surface area contributed by atoms with E-state index in [2.05, 4.69) is 5.32 Å². The topological polar surface area (TPSA) is 66.5 Å². The number of anilines is 1. The average molecular weight is 419 g/mol. The van der Waals surface area contributed by atoms with Crippen LogP contribution in [-0.2, 0) is 14.8 Å². The molecular formula is C21H26N2O3S2. The van der Waals surface area contributed by atoms with Crippen molar-refractivity contribution in [3.05, 3.63) is 54.1 Å². The zero-order chi connectivity index (χ0) is 20.1. The largest absolute Gasteiger partial charge is 0.325 e. The molecule has 3 rings (SSSR count). The number of rotatable bonds is 6. The summed E-state index contributed by atoms with van der Waals surface area (Å²) >= 11 is 1.49. The first kappa shape index (κ1) is 20.9. The van der Waals surface area contributed by atoms with Crippen molar-refractivity contribution in [1.82, 2.24) is 4.31 Å². The van der Waals surface area contributed by atoms with Crippen molar-refractivity contribution in [2.75, 3.05) is 18.4 Å². The number of nitrogens with zero attached hydrogens (tertiary/aromatic N) is 1. The number of carbonyl (C=O) groups is 1. The second kappa shape index (κ2) is 9.11. The molecule has 0 spiro atoms. The van der Waals surface area contributed by atoms with E-state index in [0.717, 1.165) is 29.7 Å². The number of carbonyl (C=O) groups excluding carboxylic acids is 1. The molecule has 0 aliphatic carbocycles. The molecular weight excluding hydrogens is 392 g/mol. The van der Waals surface area contributed by atoms with Crippen LogP contribution >= 0.6 is 11.8 Å². The second-order valence-corrected chi connectivity index (χ2v) is 10.3. The third kappa shape index (κ3) is 4.96. The molecule has 1 heterocycles. The van der Waals surface area contributed by atoms with Crippen LogP contribution in [0.4, 0.5) is 5.69 Å². The van der Waals surface area contributed by atoms with Gasteiger partial charge in [-0.1, -0.05) is 30.7 Å². The molecule has 1 aliphatic rings. The minimum atomic E-state index is -3.52. The van der Waals surface area contributed by atoms with Crippen LogP contribution in [0.3, 0.4) is 0 Å². The molecule has 1 fully saturated rings. The number of nitrogens with one attached hydrogen (secondary N) is 1. The minimum absolute atomic E-state index is 0.152. The van der Waals surface area contributed by atoms with Gasteiger partial charge < -0.3 is 5.32 Å². The summed E-state index contributed by atoms with van der Waals surface area (Å²) in [5.74, 6) is -0.152. The number of benzene rings is 2. The first-order valence-electron chi connectivity index (χ1n) is 9.51. The lowest BCUT2D eigenvalue weighted by Gasteiger charge is -2.26. The Hall–Kier alpha value is -1.83. The molecule has 28 heavy (non-hydrogen) atoms. The summed E-state index contributed by atoms with van der Waals surface area (Å²) in [5, 5.41) is 2.55. The lowest BCUT2D eigenvalue weighted by atomic mass is 10.2. The molecule has 0 bridgehead atoms. The molecule has 1 N–H and O–H groups in total. The Morgan fingerprint density at radius 1 is 1.07 bits per heavy atom. The van der Waals surface area contributed by atoms with E-state index in [-0.39, 0.29) is 16.1 Å². The summed E-state index contributed by atoms with van der Waals surface area (Å²) in [4.78, 5) is 13.9. The lowest BCUT2D eigenvalue weighted by Crippen LogP contribution is -2.35. The molecule has 1 aliphatic heterocycles. The Labute approximate surface area is 171 Å². The van der Waals surface area contributed by atoms with Gasteiger partial charge >= 0.3 is 0 Å². The third-order valence-electron chi connectivity index (χ3n) is 4.82. The monoisotopic (exact) mass is 418 g/mol. The lowest BCUT2D eigenvalue weighted by molar-refractivity contribution is -0.115. The van der Waals surface area contributed by atoms with Crippen LogP contribution < -0.4 is 5.32 Å². The summed E-state index contributed by atoms with van der Waals surface area (Å²) < 4.78 is 27.2. The zero-order valence-corrected chi connectivity index (χ0v) is 17.9. The molecule has 7 heteroatoms. The maximum absolute atomic E-state index is 12.8. The number of thioether (sulfide) groups is 1. The number of aryl methyl sites for hydroxylation is 1. The van der Waals surface area contributed by atoms with Gasteiger partial charge in [-0.05, 0) is 56.5 Å². The Balaban J connectivity index is 1.70. The smallest absolute Gasteiger partial charge is 0.243 e. The fourth-order valence-corrected chi connectivity index (χ4v) is 5.69. The van der Waals surface area contributed by atoms with Crippen molar-refractivity contribution in [1.29, 1.82) is 0 Å². The molecule has 2 aromatic carbocycles. The Morgan fingerprint density at radius 2 is 1.79 bits per heavy atom. The van der Waals surface area contributed by atoms with Gasteiger partial charge in [0.25, 0.3) is 0 Å². The van der Waals surface area contributed by atoms with Crippen LogP contribution in [0.25, 0.3) is 0 Å². The quantitative estimate of drug-likeness (QED) is 0.711. The van der Waals surface area contributed by atoms with E-state index >= 15 is 0 Å². The van der Waals surface area contributed by atoms with E-state index < -0.39 is 10.0 Å². The highest BCUT2D eigenvalue weighted by Crippen LogP contribution is 2.28. The molecule has 0 aromatic heterocycles. The summed E-state index contributed by atoms with van der Waals surface area (Å²) in [5.41, 5.74) is 1.63. The molecule has 150 valence electrons. The minimum Gasteiger partial charge on any atom is -0.325 e. The zero-order valence-electron chi connectivity index (χ0n) is 16.2. The first-order valence-corrected chi connectivity index (χ1v) is 11.8. The van der Waals surface area contributed by atoms with Gasteiger partial charge in [0, 0.05) is 23.7 Å². The van der Waals surface area contributed by atoms with Crippen molar-refractivity contribution >= 4 is 33.4 Å². The highest BCUT2D eigenvalue weighted by molar-refractivity contribution is 8.00. The molecule has 5 nitrogen and oxygen atoms in total. The van der Waals surface area contributed by atoms with Gasteiger partial charge in [0.2, 0.25) is 15.9 Å². The molecule has 1 unspecified atom stereocenters. The number of sulfonamides is 1. The highest BCUT2D eigenvalue weighted by atomic mass is 32.2. The van der Waals surface area contributed by atoms with Crippen molar-refractivity contribution < 1.29 is 13.2 Å².